The molecule has 6 aromatic rings. The van der Waals surface area contributed by atoms with Crippen LogP contribution in [0, 0.1) is 0 Å². The Morgan fingerprint density at radius 2 is 0.889 bits per heavy atom. The van der Waals surface area contributed by atoms with Crippen LogP contribution in [0.25, 0.3) is 66.1 Å². The largest absolute Gasteiger partial charge is 0.493 e. The fourth-order valence-electron chi connectivity index (χ4n) is 5.92. The molecule has 2 nitrogen and oxygen atoms in total. The molecule has 0 saturated heterocycles. The molecule has 1 aliphatic rings. The number of fused-ring (bicyclic) bond motifs is 4. The molecule has 1 aliphatic carbocycles. The zero-order chi connectivity index (χ0) is 24.2. The Balaban J connectivity index is 1.78. The molecule has 0 unspecified atom stereocenters. The third-order valence-corrected chi connectivity index (χ3v) is 7.38. The second kappa shape index (κ2) is 8.00. The highest BCUT2D eigenvalue weighted by atomic mass is 16.5. The quantitative estimate of drug-likeness (QED) is 0.259. The van der Waals surface area contributed by atoms with Gasteiger partial charge in [0.15, 0.2) is 11.5 Å². The lowest BCUT2D eigenvalue weighted by Crippen LogP contribution is -1.96. The number of benzene rings is 6. The zero-order valence-electron chi connectivity index (χ0n) is 20.2. The van der Waals surface area contributed by atoms with Crippen molar-refractivity contribution in [2.24, 2.45) is 0 Å². The van der Waals surface area contributed by atoms with E-state index in [9.17, 15) is 0 Å². The number of methoxy groups -OCH3 is 2. The molecule has 0 aliphatic heterocycles. The maximum Gasteiger partial charge on any atom is 0.161 e. The average Bonchev–Trinajstić information content (AvgIpc) is 3.27. The summed E-state index contributed by atoms with van der Waals surface area (Å²) in [6.45, 7) is 0. The average molecular weight is 465 g/mol. The van der Waals surface area contributed by atoms with Gasteiger partial charge in [0.2, 0.25) is 0 Å². The Labute approximate surface area is 210 Å². The molecule has 0 radical (unpaired) electrons. The van der Waals surface area contributed by atoms with Crippen LogP contribution in [0.4, 0.5) is 0 Å². The van der Waals surface area contributed by atoms with E-state index in [1.54, 1.807) is 14.2 Å². The fourth-order valence-corrected chi connectivity index (χ4v) is 5.92. The summed E-state index contributed by atoms with van der Waals surface area (Å²) >= 11 is 0. The molecule has 172 valence electrons. The zero-order valence-corrected chi connectivity index (χ0v) is 20.2. The Morgan fingerprint density at radius 3 is 1.31 bits per heavy atom. The molecule has 0 amide bonds. The molecule has 0 bridgehead atoms. The summed E-state index contributed by atoms with van der Waals surface area (Å²) in [5.74, 6) is 1.46. The van der Waals surface area contributed by atoms with Crippen LogP contribution in [-0.2, 0) is 0 Å². The van der Waals surface area contributed by atoms with Crippen molar-refractivity contribution in [2.75, 3.05) is 14.2 Å². The van der Waals surface area contributed by atoms with Crippen LogP contribution in [0.2, 0.25) is 0 Å². The van der Waals surface area contributed by atoms with Crippen LogP contribution in [0.1, 0.15) is 0 Å². The van der Waals surface area contributed by atoms with E-state index in [4.69, 9.17) is 9.47 Å². The van der Waals surface area contributed by atoms with E-state index in [0.717, 1.165) is 22.3 Å². The minimum absolute atomic E-state index is 0.731. The van der Waals surface area contributed by atoms with Crippen LogP contribution >= 0.6 is 0 Å². The molecular weight excluding hydrogens is 440 g/mol. The topological polar surface area (TPSA) is 18.5 Å². The van der Waals surface area contributed by atoms with Crippen molar-refractivity contribution < 1.29 is 9.47 Å². The van der Waals surface area contributed by atoms with Crippen molar-refractivity contribution in [3.8, 4) is 56.0 Å². The normalized spacial score (nSPS) is 11.6. The van der Waals surface area contributed by atoms with Crippen molar-refractivity contribution >= 4 is 21.5 Å². The molecule has 0 saturated carbocycles. The maximum absolute atomic E-state index is 5.79. The van der Waals surface area contributed by atoms with Crippen molar-refractivity contribution in [3.63, 3.8) is 0 Å². The van der Waals surface area contributed by atoms with Crippen molar-refractivity contribution in [3.05, 3.63) is 109 Å². The van der Waals surface area contributed by atoms with Gasteiger partial charge < -0.3 is 9.47 Å². The van der Waals surface area contributed by atoms with Crippen LogP contribution in [0.5, 0.6) is 11.5 Å². The van der Waals surface area contributed by atoms with E-state index >= 15 is 0 Å². The Kier molecular flexibility index (Phi) is 4.62. The third-order valence-electron chi connectivity index (χ3n) is 7.38. The van der Waals surface area contributed by atoms with E-state index < -0.39 is 0 Å². The highest BCUT2D eigenvalue weighted by molar-refractivity contribution is 6.27. The standard InChI is InChI=1S/C34H24O2/c1-35-28-19-26-27(20-29(28)36-2)32(23-13-7-4-8-14-23)34-25-18-10-16-21-15-9-17-24(30(21)25)33(34)31(26)22-11-5-3-6-12-22/h3-20H,1-2H3. The van der Waals surface area contributed by atoms with Gasteiger partial charge in [-0.25, -0.2) is 0 Å². The lowest BCUT2D eigenvalue weighted by atomic mass is 9.82. The van der Waals surface area contributed by atoms with Gasteiger partial charge >= 0.3 is 0 Å². The Morgan fingerprint density at radius 1 is 0.444 bits per heavy atom. The molecule has 2 heteroatoms. The van der Waals surface area contributed by atoms with E-state index in [1.165, 1.54) is 55.3 Å². The first kappa shape index (κ1) is 20.8. The van der Waals surface area contributed by atoms with Crippen LogP contribution in [-0.4, -0.2) is 14.2 Å². The first-order chi connectivity index (χ1) is 17.8. The Hall–Kier alpha value is -4.56. The van der Waals surface area contributed by atoms with Gasteiger partial charge in [-0.1, -0.05) is 97.1 Å². The first-order valence-corrected chi connectivity index (χ1v) is 12.2. The number of hydrogen-bond donors (Lipinski definition) is 0. The summed E-state index contributed by atoms with van der Waals surface area (Å²) in [6, 6.07) is 39.0. The van der Waals surface area contributed by atoms with E-state index in [2.05, 4.69) is 109 Å². The SMILES string of the molecule is COc1cc2c(-c3ccccc3)c3c(c(-c4ccccc4)c2cc1OC)-c1cccc2cccc-3c12. The summed E-state index contributed by atoms with van der Waals surface area (Å²) in [4.78, 5) is 0. The number of hydrogen-bond acceptors (Lipinski definition) is 2. The molecule has 0 aromatic heterocycles. The third kappa shape index (κ3) is 2.85. The Bertz CT molecular complexity index is 1660. The second-order valence-electron chi connectivity index (χ2n) is 9.19. The van der Waals surface area contributed by atoms with Crippen molar-refractivity contribution in [1.29, 1.82) is 0 Å². The van der Waals surface area contributed by atoms with Crippen LogP contribution < -0.4 is 9.47 Å². The fraction of sp³-hybridized carbons (Fsp3) is 0.0588. The minimum atomic E-state index is 0.731. The van der Waals surface area contributed by atoms with Gasteiger partial charge in [-0.3, -0.25) is 0 Å². The first-order valence-electron chi connectivity index (χ1n) is 12.2. The van der Waals surface area contributed by atoms with Gasteiger partial charge in [0.1, 0.15) is 0 Å². The van der Waals surface area contributed by atoms with E-state index in [-0.39, 0.29) is 0 Å². The summed E-state index contributed by atoms with van der Waals surface area (Å²) in [6.07, 6.45) is 0. The summed E-state index contributed by atoms with van der Waals surface area (Å²) < 4.78 is 11.6. The molecular formula is C34H24O2. The van der Waals surface area contributed by atoms with Crippen LogP contribution in [0.3, 0.4) is 0 Å². The number of ether oxygens (including phenoxy) is 2. The summed E-state index contributed by atoms with van der Waals surface area (Å²) in [7, 11) is 3.40. The van der Waals surface area contributed by atoms with Gasteiger partial charge in [0.25, 0.3) is 0 Å². The van der Waals surface area contributed by atoms with Gasteiger partial charge in [-0.2, -0.15) is 0 Å². The maximum atomic E-state index is 5.79. The smallest absolute Gasteiger partial charge is 0.161 e. The predicted molar refractivity (Wildman–Crippen MR) is 150 cm³/mol. The molecule has 0 heterocycles. The summed E-state index contributed by atoms with van der Waals surface area (Å²) in [5, 5.41) is 4.89. The van der Waals surface area contributed by atoms with Crippen LogP contribution in [0.15, 0.2) is 109 Å². The predicted octanol–water partition coefficient (Wildman–Crippen LogP) is 8.99. The molecule has 0 N–H and O–H groups in total. The number of rotatable bonds is 4. The molecule has 36 heavy (non-hydrogen) atoms. The molecule has 0 atom stereocenters. The molecule has 6 aromatic carbocycles. The van der Waals surface area contributed by atoms with Gasteiger partial charge in [-0.05, 0) is 78.2 Å². The monoisotopic (exact) mass is 464 g/mol. The van der Waals surface area contributed by atoms with E-state index in [0.29, 0.717) is 0 Å². The molecule has 0 spiro atoms. The summed E-state index contributed by atoms with van der Waals surface area (Å²) in [5.41, 5.74) is 9.97. The van der Waals surface area contributed by atoms with Gasteiger partial charge in [0.05, 0.1) is 14.2 Å². The molecule has 0 fully saturated rings. The second-order valence-corrected chi connectivity index (χ2v) is 9.19. The van der Waals surface area contributed by atoms with Crippen molar-refractivity contribution in [2.45, 2.75) is 0 Å². The van der Waals surface area contributed by atoms with E-state index in [1.807, 2.05) is 0 Å². The van der Waals surface area contributed by atoms with Gasteiger partial charge in [0, 0.05) is 0 Å². The lowest BCUT2D eigenvalue weighted by Gasteiger charge is -2.22. The lowest BCUT2D eigenvalue weighted by molar-refractivity contribution is 0.356. The van der Waals surface area contributed by atoms with Gasteiger partial charge in [-0.15, -0.1) is 0 Å². The minimum Gasteiger partial charge on any atom is -0.493 e. The highest BCUT2D eigenvalue weighted by Gasteiger charge is 2.31. The van der Waals surface area contributed by atoms with Crippen molar-refractivity contribution in [1.82, 2.24) is 0 Å². The molecule has 7 rings (SSSR count). The highest BCUT2D eigenvalue weighted by Crippen LogP contribution is 2.58.